The van der Waals surface area contributed by atoms with Crippen LogP contribution in [0.1, 0.15) is 19.4 Å². The van der Waals surface area contributed by atoms with Crippen molar-refractivity contribution in [1.29, 1.82) is 0 Å². The molecule has 5 heteroatoms. The Kier molecular flexibility index (Phi) is 4.24. The van der Waals surface area contributed by atoms with Crippen LogP contribution in [0, 0.1) is 0 Å². The van der Waals surface area contributed by atoms with E-state index < -0.39 is 0 Å². The summed E-state index contributed by atoms with van der Waals surface area (Å²) in [5, 5.41) is 4.73. The van der Waals surface area contributed by atoms with E-state index in [1.807, 2.05) is 30.3 Å². The Hall–Kier alpha value is -3.21. The minimum absolute atomic E-state index is 0.196. The van der Waals surface area contributed by atoms with Crippen LogP contribution in [-0.4, -0.2) is 15.7 Å². The van der Waals surface area contributed by atoms with Crippen LogP contribution in [0.15, 0.2) is 65.3 Å². The molecule has 3 rings (SSSR count). The third-order valence-corrected chi connectivity index (χ3v) is 3.50. The van der Waals surface area contributed by atoms with E-state index in [0.29, 0.717) is 11.1 Å². The summed E-state index contributed by atoms with van der Waals surface area (Å²) in [6.45, 7) is 7.49. The molecule has 0 bridgehead atoms. The predicted octanol–water partition coefficient (Wildman–Crippen LogP) is 3.97. The Bertz CT molecular complexity index is 984. The van der Waals surface area contributed by atoms with Crippen molar-refractivity contribution in [1.82, 2.24) is 9.97 Å². The smallest absolute Gasteiger partial charge is 0.260 e. The maximum absolute atomic E-state index is 12.6. The van der Waals surface area contributed by atoms with Gasteiger partial charge in [-0.05, 0) is 25.5 Å². The van der Waals surface area contributed by atoms with Crippen molar-refractivity contribution in [3.63, 3.8) is 0 Å². The summed E-state index contributed by atoms with van der Waals surface area (Å²) in [6, 6.07) is 11.4. The minimum atomic E-state index is -0.276. The van der Waals surface area contributed by atoms with Crippen molar-refractivity contribution in [3.8, 4) is 11.1 Å². The van der Waals surface area contributed by atoms with Gasteiger partial charge in [-0.3, -0.25) is 9.78 Å². The highest BCUT2D eigenvalue weighted by Gasteiger charge is 2.18. The minimum Gasteiger partial charge on any atom is -0.357 e. The third-order valence-electron chi connectivity index (χ3n) is 3.50. The molecule has 1 N–H and O–H groups in total. The summed E-state index contributed by atoms with van der Waals surface area (Å²) in [4.78, 5) is 25.0. The molecule has 2 heterocycles. The molecule has 0 saturated heterocycles. The van der Waals surface area contributed by atoms with Crippen molar-refractivity contribution in [2.45, 2.75) is 13.8 Å². The van der Waals surface area contributed by atoms with Crippen LogP contribution in [0.4, 0.5) is 0 Å². The van der Waals surface area contributed by atoms with Crippen molar-refractivity contribution in [2.24, 2.45) is 5.16 Å². The topological polar surface area (TPSA) is 67.3 Å². The van der Waals surface area contributed by atoms with Gasteiger partial charge in [-0.15, -0.1) is 0 Å². The highest BCUT2D eigenvalue weighted by Crippen LogP contribution is 2.32. The molecular weight excluding hydrogens is 302 g/mol. The third kappa shape index (κ3) is 2.96. The molecule has 0 aliphatic carbocycles. The Balaban J connectivity index is 2.32. The van der Waals surface area contributed by atoms with Gasteiger partial charge in [0, 0.05) is 23.3 Å². The van der Waals surface area contributed by atoms with Crippen LogP contribution in [0.3, 0.4) is 0 Å². The Morgan fingerprint density at radius 2 is 1.96 bits per heavy atom. The summed E-state index contributed by atoms with van der Waals surface area (Å²) < 4.78 is 0. The number of oxime groups is 1. The molecule has 0 radical (unpaired) electrons. The number of hydrogen-bond acceptors (Lipinski definition) is 4. The Morgan fingerprint density at radius 1 is 1.21 bits per heavy atom. The molecular formula is C19H17N3O2. The van der Waals surface area contributed by atoms with Gasteiger partial charge in [-0.1, -0.05) is 42.1 Å². The van der Waals surface area contributed by atoms with Gasteiger partial charge < -0.3 is 9.82 Å². The van der Waals surface area contributed by atoms with E-state index >= 15 is 0 Å². The molecule has 0 spiro atoms. The lowest BCUT2D eigenvalue weighted by Crippen LogP contribution is -2.14. The number of fused-ring (bicyclic) bond motifs is 1. The Labute approximate surface area is 139 Å². The first-order valence-corrected chi connectivity index (χ1v) is 7.51. The molecule has 120 valence electrons. The van der Waals surface area contributed by atoms with Gasteiger partial charge >= 0.3 is 0 Å². The second-order valence-corrected chi connectivity index (χ2v) is 5.54. The molecule has 5 nitrogen and oxygen atoms in total. The van der Waals surface area contributed by atoms with Gasteiger partial charge in [0.05, 0.1) is 16.8 Å². The summed E-state index contributed by atoms with van der Waals surface area (Å²) in [5.74, 6) is 0.196. The number of rotatable bonds is 4. The van der Waals surface area contributed by atoms with Gasteiger partial charge in [-0.2, -0.15) is 0 Å². The lowest BCUT2D eigenvalue weighted by molar-refractivity contribution is 0.298. The zero-order valence-corrected chi connectivity index (χ0v) is 13.5. The van der Waals surface area contributed by atoms with E-state index in [2.05, 4.69) is 21.7 Å². The lowest BCUT2D eigenvalue weighted by Gasteiger charge is -2.13. The van der Waals surface area contributed by atoms with E-state index in [9.17, 15) is 4.79 Å². The highest BCUT2D eigenvalue weighted by atomic mass is 16.6. The molecule has 0 saturated carbocycles. The van der Waals surface area contributed by atoms with Crippen LogP contribution in [0.25, 0.3) is 27.8 Å². The lowest BCUT2D eigenvalue weighted by atomic mass is 9.96. The quantitative estimate of drug-likeness (QED) is 0.449. The number of nitrogens with zero attached hydrogens (tertiary/aromatic N) is 2. The molecule has 0 amide bonds. The highest BCUT2D eigenvalue weighted by molar-refractivity contribution is 5.98. The monoisotopic (exact) mass is 319 g/mol. The number of aromatic amines is 1. The van der Waals surface area contributed by atoms with Crippen LogP contribution in [-0.2, 0) is 4.84 Å². The molecule has 0 aliphatic rings. The molecule has 0 fully saturated rings. The number of pyridine rings is 2. The van der Waals surface area contributed by atoms with E-state index in [-0.39, 0.29) is 11.3 Å². The first kappa shape index (κ1) is 15.7. The number of nitrogens with one attached hydrogen (secondary N) is 1. The molecule has 0 aliphatic heterocycles. The number of H-pyrrole nitrogens is 1. The van der Waals surface area contributed by atoms with E-state index in [4.69, 9.17) is 4.84 Å². The fourth-order valence-corrected chi connectivity index (χ4v) is 2.50. The van der Waals surface area contributed by atoms with E-state index in [1.54, 1.807) is 32.3 Å². The van der Waals surface area contributed by atoms with Crippen molar-refractivity contribution >= 4 is 22.4 Å². The molecule has 1 aromatic carbocycles. The van der Waals surface area contributed by atoms with Crippen molar-refractivity contribution < 1.29 is 4.84 Å². The first-order valence-electron chi connectivity index (χ1n) is 7.51. The normalized spacial score (nSPS) is 10.4. The van der Waals surface area contributed by atoms with Gasteiger partial charge in [0.2, 0.25) is 0 Å². The second-order valence-electron chi connectivity index (χ2n) is 5.54. The zero-order chi connectivity index (χ0) is 17.1. The molecule has 0 atom stereocenters. The van der Waals surface area contributed by atoms with E-state index in [1.165, 1.54) is 0 Å². The molecule has 24 heavy (non-hydrogen) atoms. The van der Waals surface area contributed by atoms with Gasteiger partial charge in [0.1, 0.15) is 0 Å². The number of hydrogen-bond donors (Lipinski definition) is 1. The van der Waals surface area contributed by atoms with Gasteiger partial charge in [0.25, 0.3) is 5.56 Å². The maximum atomic E-state index is 12.6. The summed E-state index contributed by atoms with van der Waals surface area (Å²) in [7, 11) is 0. The van der Waals surface area contributed by atoms with E-state index in [0.717, 1.165) is 22.2 Å². The first-order chi connectivity index (χ1) is 11.6. The average Bonchev–Trinajstić information content (AvgIpc) is 2.59. The standard InChI is InChI=1S/C19H17N3O2/c1-12(2)22-24-13(3)17-18(14-7-5-4-6-8-14)15-11-20-10-9-16(15)21-19(17)23/h4-11H,3H2,1-2H3,(H,21,23). The molecule has 3 aromatic rings. The summed E-state index contributed by atoms with van der Waals surface area (Å²) >= 11 is 0. The summed E-state index contributed by atoms with van der Waals surface area (Å²) in [5.41, 5.74) is 3.14. The number of benzene rings is 1. The van der Waals surface area contributed by atoms with Crippen LogP contribution >= 0.6 is 0 Å². The number of aromatic nitrogens is 2. The largest absolute Gasteiger partial charge is 0.357 e. The fraction of sp³-hybridized carbons (Fsp3) is 0.105. The van der Waals surface area contributed by atoms with Crippen LogP contribution in [0.5, 0.6) is 0 Å². The second kappa shape index (κ2) is 6.50. The maximum Gasteiger partial charge on any atom is 0.260 e. The van der Waals surface area contributed by atoms with Crippen LogP contribution < -0.4 is 5.56 Å². The predicted molar refractivity (Wildman–Crippen MR) is 96.7 cm³/mol. The molecule has 2 aromatic heterocycles. The van der Waals surface area contributed by atoms with Crippen LogP contribution in [0.2, 0.25) is 0 Å². The Morgan fingerprint density at radius 3 is 2.67 bits per heavy atom. The average molecular weight is 319 g/mol. The molecule has 0 unspecified atom stereocenters. The fourth-order valence-electron chi connectivity index (χ4n) is 2.50. The SMILES string of the molecule is C=C(ON=C(C)C)c1c(-c2ccccc2)c2cnccc2[nH]c1=O. The van der Waals surface area contributed by atoms with Crippen molar-refractivity contribution in [3.05, 3.63) is 71.3 Å². The zero-order valence-electron chi connectivity index (χ0n) is 13.5. The van der Waals surface area contributed by atoms with Gasteiger partial charge in [0.15, 0.2) is 5.76 Å². The van der Waals surface area contributed by atoms with Crippen molar-refractivity contribution in [2.75, 3.05) is 0 Å². The summed E-state index contributed by atoms with van der Waals surface area (Å²) in [6.07, 6.45) is 3.36. The van der Waals surface area contributed by atoms with Gasteiger partial charge in [-0.25, -0.2) is 0 Å².